The summed E-state index contributed by atoms with van der Waals surface area (Å²) in [7, 11) is 1.19. The predicted molar refractivity (Wildman–Crippen MR) is 80.2 cm³/mol. The SMILES string of the molecule is CC.COC(=O)c1cnc(Cl)cc1-c1ccc(C(F)(F)F)nc1. The van der Waals surface area contributed by atoms with Crippen molar-refractivity contribution >= 4 is 17.6 Å². The Balaban J connectivity index is 0.00000127. The smallest absolute Gasteiger partial charge is 0.433 e. The van der Waals surface area contributed by atoms with E-state index in [1.807, 2.05) is 13.8 Å². The molecule has 0 N–H and O–H groups in total. The van der Waals surface area contributed by atoms with Crippen molar-refractivity contribution in [1.29, 1.82) is 0 Å². The first-order valence-electron chi connectivity index (χ1n) is 6.60. The number of hydrogen-bond donors (Lipinski definition) is 0. The predicted octanol–water partition coefficient (Wildman–Crippen LogP) is 4.63. The van der Waals surface area contributed by atoms with Crippen molar-refractivity contribution in [3.05, 3.63) is 47.0 Å². The van der Waals surface area contributed by atoms with Crippen LogP contribution >= 0.6 is 11.6 Å². The van der Waals surface area contributed by atoms with E-state index in [9.17, 15) is 18.0 Å². The van der Waals surface area contributed by atoms with Gasteiger partial charge in [-0.05, 0) is 12.1 Å². The molecule has 0 bridgehead atoms. The minimum absolute atomic E-state index is 0.0865. The summed E-state index contributed by atoms with van der Waals surface area (Å²) in [5.41, 5.74) is -0.342. The molecule has 4 nitrogen and oxygen atoms in total. The third-order valence-electron chi connectivity index (χ3n) is 2.64. The molecular formula is C15H14ClF3N2O2. The van der Waals surface area contributed by atoms with Gasteiger partial charge in [-0.3, -0.25) is 4.98 Å². The third-order valence-corrected chi connectivity index (χ3v) is 2.85. The fourth-order valence-electron chi connectivity index (χ4n) is 1.66. The molecule has 8 heteroatoms. The molecule has 2 rings (SSSR count). The van der Waals surface area contributed by atoms with Crippen molar-refractivity contribution in [1.82, 2.24) is 9.97 Å². The zero-order valence-corrected chi connectivity index (χ0v) is 13.4. The van der Waals surface area contributed by atoms with Crippen molar-refractivity contribution in [2.45, 2.75) is 20.0 Å². The summed E-state index contributed by atoms with van der Waals surface area (Å²) >= 11 is 5.75. The Morgan fingerprint density at radius 2 is 1.83 bits per heavy atom. The monoisotopic (exact) mass is 346 g/mol. The molecule has 0 aliphatic heterocycles. The van der Waals surface area contributed by atoms with E-state index in [2.05, 4.69) is 14.7 Å². The van der Waals surface area contributed by atoms with Crippen LogP contribution in [0.1, 0.15) is 29.9 Å². The molecule has 0 amide bonds. The number of esters is 1. The van der Waals surface area contributed by atoms with Crippen LogP contribution in [0.2, 0.25) is 5.15 Å². The van der Waals surface area contributed by atoms with E-state index >= 15 is 0 Å². The lowest BCUT2D eigenvalue weighted by Crippen LogP contribution is -2.08. The maximum absolute atomic E-state index is 12.5. The van der Waals surface area contributed by atoms with Gasteiger partial charge in [0.25, 0.3) is 0 Å². The molecule has 2 aromatic rings. The van der Waals surface area contributed by atoms with Crippen LogP contribution in [0.3, 0.4) is 0 Å². The first kappa shape index (κ1) is 18.9. The topological polar surface area (TPSA) is 52.1 Å². The van der Waals surface area contributed by atoms with Crippen LogP contribution in [0.5, 0.6) is 0 Å². The molecule has 0 saturated heterocycles. The average molecular weight is 347 g/mol. The highest BCUT2D eigenvalue weighted by Crippen LogP contribution is 2.30. The molecule has 23 heavy (non-hydrogen) atoms. The Morgan fingerprint density at radius 1 is 1.17 bits per heavy atom. The van der Waals surface area contributed by atoms with Crippen LogP contribution in [0.25, 0.3) is 11.1 Å². The molecule has 0 fully saturated rings. The Labute approximate surface area is 136 Å². The van der Waals surface area contributed by atoms with Gasteiger partial charge in [0.15, 0.2) is 0 Å². The van der Waals surface area contributed by atoms with E-state index in [1.165, 1.54) is 25.4 Å². The Bertz CT molecular complexity index is 673. The number of aromatic nitrogens is 2. The highest BCUT2D eigenvalue weighted by Gasteiger charge is 2.32. The lowest BCUT2D eigenvalue weighted by atomic mass is 10.0. The van der Waals surface area contributed by atoms with Crippen LogP contribution in [0.15, 0.2) is 30.6 Å². The molecule has 124 valence electrons. The fourth-order valence-corrected chi connectivity index (χ4v) is 1.82. The Kier molecular flexibility index (Phi) is 6.50. The molecule has 0 radical (unpaired) electrons. The highest BCUT2D eigenvalue weighted by atomic mass is 35.5. The summed E-state index contributed by atoms with van der Waals surface area (Å²) in [4.78, 5) is 18.7. The molecule has 0 aromatic carbocycles. The molecular weight excluding hydrogens is 333 g/mol. The van der Waals surface area contributed by atoms with Gasteiger partial charge < -0.3 is 4.74 Å². The van der Waals surface area contributed by atoms with Crippen molar-refractivity contribution in [3.8, 4) is 11.1 Å². The van der Waals surface area contributed by atoms with Gasteiger partial charge in [0, 0.05) is 23.5 Å². The van der Waals surface area contributed by atoms with Gasteiger partial charge in [0.2, 0.25) is 0 Å². The lowest BCUT2D eigenvalue weighted by molar-refractivity contribution is -0.141. The Hall–Kier alpha value is -2.15. The second kappa shape index (κ2) is 7.92. The molecule has 0 atom stereocenters. The van der Waals surface area contributed by atoms with E-state index in [-0.39, 0.29) is 10.7 Å². The van der Waals surface area contributed by atoms with Crippen LogP contribution < -0.4 is 0 Å². The van der Waals surface area contributed by atoms with Gasteiger partial charge in [-0.1, -0.05) is 31.5 Å². The summed E-state index contributed by atoms with van der Waals surface area (Å²) in [6.07, 6.45) is -2.32. The number of carbonyl (C=O) groups excluding carboxylic acids is 1. The van der Waals surface area contributed by atoms with Gasteiger partial charge in [0.05, 0.1) is 12.7 Å². The second-order valence-corrected chi connectivity index (χ2v) is 4.36. The maximum Gasteiger partial charge on any atom is 0.433 e. The number of halogens is 4. The number of alkyl halides is 3. The fraction of sp³-hybridized carbons (Fsp3) is 0.267. The van der Waals surface area contributed by atoms with Crippen LogP contribution in [-0.4, -0.2) is 23.0 Å². The van der Waals surface area contributed by atoms with Crippen molar-refractivity contribution in [3.63, 3.8) is 0 Å². The summed E-state index contributed by atoms with van der Waals surface area (Å²) in [6, 6.07) is 3.39. The highest BCUT2D eigenvalue weighted by molar-refractivity contribution is 6.29. The second-order valence-electron chi connectivity index (χ2n) is 3.97. The number of hydrogen-bond acceptors (Lipinski definition) is 4. The number of carbonyl (C=O) groups is 1. The zero-order valence-electron chi connectivity index (χ0n) is 12.6. The standard InChI is InChI=1S/C13H8ClF3N2O2.C2H6/c1-21-12(20)9-6-19-11(14)4-8(9)7-2-3-10(18-5-7)13(15,16)17;1-2/h2-6H,1H3;1-2H3. The minimum atomic E-state index is -4.53. The van der Waals surface area contributed by atoms with E-state index in [0.29, 0.717) is 11.1 Å². The quantitative estimate of drug-likeness (QED) is 0.587. The van der Waals surface area contributed by atoms with E-state index in [1.54, 1.807) is 0 Å². The van der Waals surface area contributed by atoms with Crippen molar-refractivity contribution < 1.29 is 22.7 Å². The number of rotatable bonds is 2. The molecule has 0 aliphatic carbocycles. The largest absolute Gasteiger partial charge is 0.465 e. The van der Waals surface area contributed by atoms with Crippen LogP contribution in [0, 0.1) is 0 Å². The summed E-state index contributed by atoms with van der Waals surface area (Å²) in [6.45, 7) is 4.00. The normalized spacial score (nSPS) is 10.6. The maximum atomic E-state index is 12.5. The summed E-state index contributed by atoms with van der Waals surface area (Å²) in [5.74, 6) is -0.672. The first-order valence-corrected chi connectivity index (χ1v) is 6.98. The van der Waals surface area contributed by atoms with Gasteiger partial charge in [-0.25, -0.2) is 9.78 Å². The minimum Gasteiger partial charge on any atom is -0.465 e. The van der Waals surface area contributed by atoms with Gasteiger partial charge in [-0.15, -0.1) is 0 Å². The third kappa shape index (κ3) is 4.66. The molecule has 2 heterocycles. The molecule has 0 aliphatic rings. The van der Waals surface area contributed by atoms with Crippen molar-refractivity contribution in [2.75, 3.05) is 7.11 Å². The molecule has 0 saturated carbocycles. The summed E-state index contributed by atoms with van der Waals surface area (Å²) < 4.78 is 42.0. The average Bonchev–Trinajstić information content (AvgIpc) is 2.55. The number of ether oxygens (including phenoxy) is 1. The number of methoxy groups -OCH3 is 1. The molecule has 0 unspecified atom stereocenters. The molecule has 2 aromatic heterocycles. The van der Waals surface area contributed by atoms with Gasteiger partial charge in [-0.2, -0.15) is 13.2 Å². The van der Waals surface area contributed by atoms with E-state index in [0.717, 1.165) is 12.3 Å². The lowest BCUT2D eigenvalue weighted by Gasteiger charge is -2.09. The zero-order chi connectivity index (χ0) is 17.6. The van der Waals surface area contributed by atoms with E-state index in [4.69, 9.17) is 11.6 Å². The summed E-state index contributed by atoms with van der Waals surface area (Å²) in [5, 5.41) is 0.0950. The van der Waals surface area contributed by atoms with Gasteiger partial charge in [0.1, 0.15) is 10.8 Å². The van der Waals surface area contributed by atoms with Crippen molar-refractivity contribution in [2.24, 2.45) is 0 Å². The van der Waals surface area contributed by atoms with Crippen LogP contribution in [0.4, 0.5) is 13.2 Å². The van der Waals surface area contributed by atoms with E-state index < -0.39 is 17.8 Å². The Morgan fingerprint density at radius 3 is 2.30 bits per heavy atom. The molecule has 0 spiro atoms. The first-order chi connectivity index (χ1) is 10.8. The number of pyridine rings is 2. The number of nitrogens with zero attached hydrogens (tertiary/aromatic N) is 2. The van der Waals surface area contributed by atoms with Gasteiger partial charge >= 0.3 is 12.1 Å². The van der Waals surface area contributed by atoms with Crippen LogP contribution in [-0.2, 0) is 10.9 Å².